The van der Waals surface area contributed by atoms with E-state index in [4.69, 9.17) is 9.47 Å². The number of hydrogen-bond donors (Lipinski definition) is 2. The second-order valence-electron chi connectivity index (χ2n) is 15.0. The molecule has 0 bridgehead atoms. The first-order chi connectivity index (χ1) is 22.4. The van der Waals surface area contributed by atoms with Gasteiger partial charge in [0.15, 0.2) is 0 Å². The van der Waals surface area contributed by atoms with Gasteiger partial charge in [-0.3, -0.25) is 4.79 Å². The fraction of sp³-hybridized carbons (Fsp3) is 0.649. The van der Waals surface area contributed by atoms with Gasteiger partial charge in [0.05, 0.1) is 5.56 Å². The largest absolute Gasteiger partial charge is 0.490 e. The summed E-state index contributed by atoms with van der Waals surface area (Å²) in [5.74, 6) is 2.19. The number of alkyl halides is 3. The zero-order valence-corrected chi connectivity index (χ0v) is 30.6. The van der Waals surface area contributed by atoms with Gasteiger partial charge in [-0.25, -0.2) is 0 Å². The van der Waals surface area contributed by atoms with Crippen molar-refractivity contribution in [2.45, 2.75) is 90.0 Å². The minimum Gasteiger partial charge on any atom is -0.490 e. The molecule has 2 N–H and O–H groups in total. The topological polar surface area (TPSA) is 66.1 Å². The molecule has 4 aliphatic rings. The van der Waals surface area contributed by atoms with E-state index in [0.717, 1.165) is 62.8 Å². The molecular formula is C37H53Cl2F3N4O3. The van der Waals surface area contributed by atoms with Crippen molar-refractivity contribution in [2.24, 2.45) is 11.3 Å². The summed E-state index contributed by atoms with van der Waals surface area (Å²) in [5, 5.41) is 6.62. The Morgan fingerprint density at radius 2 is 1.47 bits per heavy atom. The maximum Gasteiger partial charge on any atom is 0.416 e. The van der Waals surface area contributed by atoms with E-state index in [-0.39, 0.29) is 48.7 Å². The molecule has 2 aromatic rings. The number of benzene rings is 2. The first kappa shape index (κ1) is 39.4. The quantitative estimate of drug-likeness (QED) is 0.305. The van der Waals surface area contributed by atoms with E-state index in [2.05, 4.69) is 37.5 Å². The molecule has 3 heterocycles. The molecule has 2 aromatic carbocycles. The molecule has 3 saturated heterocycles. The van der Waals surface area contributed by atoms with Gasteiger partial charge in [-0.15, -0.1) is 24.8 Å². The first-order valence-electron chi connectivity index (χ1n) is 17.6. The van der Waals surface area contributed by atoms with Gasteiger partial charge in [-0.2, -0.15) is 13.2 Å². The van der Waals surface area contributed by atoms with Crippen LogP contribution in [0.5, 0.6) is 11.5 Å². The number of carbonyl (C=O) groups excluding carboxylic acids is 1. The van der Waals surface area contributed by atoms with Crippen LogP contribution < -0.4 is 25.0 Å². The van der Waals surface area contributed by atoms with Crippen molar-refractivity contribution in [3.63, 3.8) is 0 Å². The minimum absolute atomic E-state index is 0. The molecule has 274 valence electrons. The first-order valence-corrected chi connectivity index (χ1v) is 17.6. The second-order valence-corrected chi connectivity index (χ2v) is 15.0. The number of likely N-dealkylation sites (tertiary alicyclic amines) is 1. The summed E-state index contributed by atoms with van der Waals surface area (Å²) < 4.78 is 54.0. The third-order valence-electron chi connectivity index (χ3n) is 10.7. The molecule has 7 nitrogen and oxygen atoms in total. The number of ether oxygens (including phenoxy) is 2. The zero-order chi connectivity index (χ0) is 33.2. The van der Waals surface area contributed by atoms with Gasteiger partial charge >= 0.3 is 6.18 Å². The predicted molar refractivity (Wildman–Crippen MR) is 193 cm³/mol. The van der Waals surface area contributed by atoms with Crippen LogP contribution in [0.25, 0.3) is 0 Å². The van der Waals surface area contributed by atoms with Crippen molar-refractivity contribution in [1.82, 2.24) is 15.5 Å². The van der Waals surface area contributed by atoms with Crippen molar-refractivity contribution >= 4 is 36.4 Å². The van der Waals surface area contributed by atoms with Crippen LogP contribution in [0.15, 0.2) is 36.4 Å². The van der Waals surface area contributed by atoms with Crippen molar-refractivity contribution < 1.29 is 27.4 Å². The van der Waals surface area contributed by atoms with Crippen molar-refractivity contribution in [3.8, 4) is 11.5 Å². The predicted octanol–water partition coefficient (Wildman–Crippen LogP) is 7.70. The molecule has 49 heavy (non-hydrogen) atoms. The van der Waals surface area contributed by atoms with E-state index in [1.165, 1.54) is 18.9 Å². The minimum atomic E-state index is -4.46. The summed E-state index contributed by atoms with van der Waals surface area (Å²) in [6, 6.07) is 10.0. The van der Waals surface area contributed by atoms with Crippen LogP contribution >= 0.6 is 24.8 Å². The monoisotopic (exact) mass is 728 g/mol. The maximum absolute atomic E-state index is 13.8. The standard InChI is InChI=1S/C37H51F3N4O3.2ClH/c1-36(2,3)27-7-4-25(5-8-27)33-20-26(6-9-34(33)47-31-10-13-42-24-31)35(45)44-16-11-30(12-17-44)46-32-22-28(37(38,39)40)21-29(23-32)43-18-14-41-15-19-43;;/h6,9,20-23,25,27,30-31,41-42H,4-5,7-8,10-19,24H2,1-3H3;2*1H/t25?,27?,31-;;/m0../s1. The Morgan fingerprint density at radius 3 is 2.08 bits per heavy atom. The van der Waals surface area contributed by atoms with Gasteiger partial charge in [0.2, 0.25) is 0 Å². The summed E-state index contributed by atoms with van der Waals surface area (Å²) in [4.78, 5) is 17.6. The highest BCUT2D eigenvalue weighted by atomic mass is 35.5. The van der Waals surface area contributed by atoms with E-state index < -0.39 is 11.7 Å². The summed E-state index contributed by atoms with van der Waals surface area (Å²) >= 11 is 0. The fourth-order valence-electron chi connectivity index (χ4n) is 7.76. The molecule has 1 atom stereocenters. The molecule has 4 fully saturated rings. The van der Waals surface area contributed by atoms with Gasteiger partial charge in [0.1, 0.15) is 23.7 Å². The van der Waals surface area contributed by atoms with Gasteiger partial charge in [-0.05, 0) is 91.8 Å². The molecule has 1 amide bonds. The molecule has 0 unspecified atom stereocenters. The number of nitrogens with one attached hydrogen (secondary N) is 2. The van der Waals surface area contributed by atoms with E-state index in [9.17, 15) is 18.0 Å². The number of piperidine rings is 1. The Balaban J connectivity index is 0.00000270. The fourth-order valence-corrected chi connectivity index (χ4v) is 7.76. The second kappa shape index (κ2) is 16.7. The molecule has 0 radical (unpaired) electrons. The van der Waals surface area contributed by atoms with Crippen molar-refractivity contribution in [3.05, 3.63) is 53.1 Å². The Bertz CT molecular complexity index is 1380. The number of halogens is 5. The number of piperazine rings is 1. The van der Waals surface area contributed by atoms with E-state index in [0.29, 0.717) is 67.5 Å². The smallest absolute Gasteiger partial charge is 0.416 e. The SMILES string of the molecule is CC(C)(C)C1CCC(c2cc(C(=O)N3CCC(Oc4cc(N5CCNCC5)cc(C(F)(F)F)c4)CC3)ccc2O[C@H]2CCNC2)CC1.Cl.Cl. The zero-order valence-electron chi connectivity index (χ0n) is 28.9. The van der Waals surface area contributed by atoms with Crippen molar-refractivity contribution in [1.29, 1.82) is 0 Å². The van der Waals surface area contributed by atoms with Crippen LogP contribution in [0.2, 0.25) is 0 Å². The van der Waals surface area contributed by atoms with Crippen molar-refractivity contribution in [2.75, 3.05) is 57.3 Å². The van der Waals surface area contributed by atoms with Gasteiger partial charge in [-0.1, -0.05) is 20.8 Å². The highest BCUT2D eigenvalue weighted by Gasteiger charge is 2.34. The highest BCUT2D eigenvalue weighted by Crippen LogP contribution is 2.45. The molecule has 1 aliphatic carbocycles. The number of carbonyl (C=O) groups is 1. The van der Waals surface area contributed by atoms with Gasteiger partial charge in [0.25, 0.3) is 5.91 Å². The number of hydrogen-bond acceptors (Lipinski definition) is 6. The lowest BCUT2D eigenvalue weighted by molar-refractivity contribution is -0.137. The van der Waals surface area contributed by atoms with Crippen LogP contribution in [-0.4, -0.2) is 75.4 Å². The maximum atomic E-state index is 13.8. The van der Waals surface area contributed by atoms with Gasteiger partial charge in [0, 0.05) is 76.0 Å². The third-order valence-corrected chi connectivity index (χ3v) is 10.7. The van der Waals surface area contributed by atoms with E-state index in [1.54, 1.807) is 6.07 Å². The lowest BCUT2D eigenvalue weighted by atomic mass is 9.68. The Kier molecular flexibility index (Phi) is 13.5. The molecule has 0 aromatic heterocycles. The average molecular weight is 730 g/mol. The van der Waals surface area contributed by atoms with Crippen LogP contribution in [0.1, 0.15) is 93.1 Å². The van der Waals surface area contributed by atoms with Crippen LogP contribution in [0.4, 0.5) is 18.9 Å². The molecule has 3 aliphatic heterocycles. The van der Waals surface area contributed by atoms with Crippen LogP contribution in [0, 0.1) is 11.3 Å². The summed E-state index contributed by atoms with van der Waals surface area (Å²) in [7, 11) is 0. The summed E-state index contributed by atoms with van der Waals surface area (Å²) in [6.45, 7) is 12.5. The molecule has 12 heteroatoms. The average Bonchev–Trinajstić information content (AvgIpc) is 3.58. The number of rotatable bonds is 7. The Morgan fingerprint density at radius 1 is 0.776 bits per heavy atom. The summed E-state index contributed by atoms with van der Waals surface area (Å²) in [5.41, 5.74) is 1.95. The highest BCUT2D eigenvalue weighted by molar-refractivity contribution is 5.94. The molecule has 0 spiro atoms. The van der Waals surface area contributed by atoms with E-state index in [1.807, 2.05) is 21.9 Å². The Hall–Kier alpha value is -2.40. The Labute approximate surface area is 301 Å². The number of amides is 1. The molecular weight excluding hydrogens is 676 g/mol. The lowest BCUT2D eigenvalue weighted by Gasteiger charge is -2.37. The lowest BCUT2D eigenvalue weighted by Crippen LogP contribution is -2.43. The number of anilines is 1. The summed E-state index contributed by atoms with van der Waals surface area (Å²) in [6.07, 6.45) is 2.05. The number of nitrogens with zero attached hydrogens (tertiary/aromatic N) is 2. The van der Waals surface area contributed by atoms with E-state index >= 15 is 0 Å². The molecule has 6 rings (SSSR count). The van der Waals surface area contributed by atoms with Crippen LogP contribution in [0.3, 0.4) is 0 Å². The van der Waals surface area contributed by atoms with Gasteiger partial charge < -0.3 is 29.9 Å². The van der Waals surface area contributed by atoms with Crippen LogP contribution in [-0.2, 0) is 6.18 Å². The third kappa shape index (κ3) is 9.89. The molecule has 1 saturated carbocycles. The normalized spacial score (nSPS) is 23.8.